The van der Waals surface area contributed by atoms with Crippen molar-refractivity contribution in [3.8, 4) is 22.8 Å². The van der Waals surface area contributed by atoms with E-state index >= 15 is 0 Å². The number of hydrogen-bond donors (Lipinski definition) is 0. The topological polar surface area (TPSA) is 60.2 Å². The standard InChI is InChI=1S/C25H22ClFN4O2S/c1-30(15-17-7-9-18(27)10-8-17)23(32)16-34-25-29-28-24(21-5-3-4-6-22(21)26)31(25)19-11-13-20(33-2)14-12-19/h3-14H,15-16H2,1-2H3. The largest absolute Gasteiger partial charge is 0.497 e. The average molecular weight is 497 g/mol. The van der Waals surface area contributed by atoms with Gasteiger partial charge >= 0.3 is 0 Å². The van der Waals surface area contributed by atoms with Gasteiger partial charge in [0, 0.05) is 24.8 Å². The monoisotopic (exact) mass is 496 g/mol. The number of nitrogens with zero attached hydrogens (tertiary/aromatic N) is 4. The van der Waals surface area contributed by atoms with Gasteiger partial charge in [-0.3, -0.25) is 9.36 Å². The summed E-state index contributed by atoms with van der Waals surface area (Å²) < 4.78 is 20.3. The Morgan fingerprint density at radius 3 is 2.44 bits per heavy atom. The number of thioether (sulfide) groups is 1. The first-order valence-electron chi connectivity index (χ1n) is 10.4. The molecule has 174 valence electrons. The summed E-state index contributed by atoms with van der Waals surface area (Å²) in [5.41, 5.74) is 2.40. The molecule has 0 aliphatic carbocycles. The Hall–Kier alpha value is -3.36. The summed E-state index contributed by atoms with van der Waals surface area (Å²) in [7, 11) is 3.33. The van der Waals surface area contributed by atoms with Crippen LogP contribution in [0.15, 0.2) is 78.0 Å². The van der Waals surface area contributed by atoms with Crippen molar-refractivity contribution in [1.82, 2.24) is 19.7 Å². The summed E-state index contributed by atoms with van der Waals surface area (Å²) >= 11 is 7.73. The van der Waals surface area contributed by atoms with Crippen molar-refractivity contribution < 1.29 is 13.9 Å². The van der Waals surface area contributed by atoms with Crippen LogP contribution in [0.5, 0.6) is 5.75 Å². The van der Waals surface area contributed by atoms with Gasteiger partial charge in [-0.05, 0) is 54.1 Å². The Kier molecular flexibility index (Phi) is 7.49. The minimum Gasteiger partial charge on any atom is -0.497 e. The van der Waals surface area contributed by atoms with Crippen molar-refractivity contribution in [3.05, 3.63) is 89.2 Å². The second kappa shape index (κ2) is 10.7. The number of hydrogen-bond acceptors (Lipinski definition) is 5. The second-order valence-corrected chi connectivity index (χ2v) is 8.83. The first-order valence-corrected chi connectivity index (χ1v) is 11.8. The lowest BCUT2D eigenvalue weighted by molar-refractivity contribution is -0.127. The molecule has 1 heterocycles. The Balaban J connectivity index is 1.58. The van der Waals surface area contributed by atoms with E-state index in [9.17, 15) is 9.18 Å². The Morgan fingerprint density at radius 1 is 1.06 bits per heavy atom. The van der Waals surface area contributed by atoms with Gasteiger partial charge in [-0.2, -0.15) is 0 Å². The smallest absolute Gasteiger partial charge is 0.233 e. The molecular formula is C25H22ClFN4O2S. The zero-order chi connectivity index (χ0) is 24.1. The molecule has 4 rings (SSSR count). The quantitative estimate of drug-likeness (QED) is 0.302. The van der Waals surface area contributed by atoms with Crippen molar-refractivity contribution in [2.75, 3.05) is 19.9 Å². The molecule has 9 heteroatoms. The number of rotatable bonds is 8. The van der Waals surface area contributed by atoms with E-state index in [2.05, 4.69) is 10.2 Å². The van der Waals surface area contributed by atoms with Crippen LogP contribution in [0.2, 0.25) is 5.02 Å². The van der Waals surface area contributed by atoms with Gasteiger partial charge in [0.1, 0.15) is 11.6 Å². The molecule has 1 amide bonds. The predicted molar refractivity (Wildman–Crippen MR) is 132 cm³/mol. The molecule has 0 saturated heterocycles. The van der Waals surface area contributed by atoms with E-state index in [4.69, 9.17) is 16.3 Å². The van der Waals surface area contributed by atoms with Crippen molar-refractivity contribution in [2.24, 2.45) is 0 Å². The van der Waals surface area contributed by atoms with E-state index in [1.165, 1.54) is 23.9 Å². The number of carbonyl (C=O) groups is 1. The molecule has 0 saturated carbocycles. The number of ether oxygens (including phenoxy) is 1. The number of methoxy groups -OCH3 is 1. The molecule has 0 radical (unpaired) electrons. The lowest BCUT2D eigenvalue weighted by Gasteiger charge is -2.17. The fourth-order valence-electron chi connectivity index (χ4n) is 3.33. The fourth-order valence-corrected chi connectivity index (χ4v) is 4.45. The molecule has 0 N–H and O–H groups in total. The van der Waals surface area contributed by atoms with E-state index in [0.717, 1.165) is 22.6 Å². The fraction of sp³-hybridized carbons (Fsp3) is 0.160. The van der Waals surface area contributed by atoms with Gasteiger partial charge in [0.05, 0.1) is 17.9 Å². The second-order valence-electron chi connectivity index (χ2n) is 7.48. The maximum atomic E-state index is 13.1. The van der Waals surface area contributed by atoms with Gasteiger partial charge in [-0.25, -0.2) is 4.39 Å². The minimum absolute atomic E-state index is 0.0853. The molecule has 0 aliphatic rings. The highest BCUT2D eigenvalue weighted by atomic mass is 35.5. The maximum absolute atomic E-state index is 13.1. The first kappa shape index (κ1) is 23.8. The van der Waals surface area contributed by atoms with Crippen molar-refractivity contribution in [3.63, 3.8) is 0 Å². The zero-order valence-corrected chi connectivity index (χ0v) is 20.2. The summed E-state index contributed by atoms with van der Waals surface area (Å²) in [6.45, 7) is 0.385. The molecule has 0 bridgehead atoms. The molecule has 0 atom stereocenters. The summed E-state index contributed by atoms with van der Waals surface area (Å²) in [6.07, 6.45) is 0. The summed E-state index contributed by atoms with van der Waals surface area (Å²) in [5.74, 6) is 1.07. The third kappa shape index (κ3) is 5.40. The maximum Gasteiger partial charge on any atom is 0.233 e. The summed E-state index contributed by atoms with van der Waals surface area (Å²) in [4.78, 5) is 14.4. The Bertz CT molecular complexity index is 1280. The van der Waals surface area contributed by atoms with E-state index in [0.29, 0.717) is 22.5 Å². The SMILES string of the molecule is COc1ccc(-n2c(SCC(=O)N(C)Cc3ccc(F)cc3)nnc2-c2ccccc2Cl)cc1. The molecule has 4 aromatic rings. The van der Waals surface area contributed by atoms with Gasteiger partial charge in [0.25, 0.3) is 0 Å². The summed E-state index contributed by atoms with van der Waals surface area (Å²) in [5, 5.41) is 9.84. The highest BCUT2D eigenvalue weighted by Gasteiger charge is 2.20. The van der Waals surface area contributed by atoms with E-state index in [-0.39, 0.29) is 17.5 Å². The van der Waals surface area contributed by atoms with Gasteiger partial charge in [0.2, 0.25) is 5.91 Å². The normalized spacial score (nSPS) is 10.8. The lowest BCUT2D eigenvalue weighted by atomic mass is 10.2. The molecule has 3 aromatic carbocycles. The Morgan fingerprint density at radius 2 is 1.76 bits per heavy atom. The van der Waals surface area contributed by atoms with Gasteiger partial charge < -0.3 is 9.64 Å². The number of carbonyl (C=O) groups excluding carboxylic acids is 1. The number of halogens is 2. The van der Waals surface area contributed by atoms with Crippen molar-refractivity contribution in [2.45, 2.75) is 11.7 Å². The molecule has 0 fully saturated rings. The van der Waals surface area contributed by atoms with E-state index < -0.39 is 0 Å². The van der Waals surface area contributed by atoms with Crippen LogP contribution in [0, 0.1) is 5.82 Å². The molecule has 0 spiro atoms. The van der Waals surface area contributed by atoms with Crippen molar-refractivity contribution in [1.29, 1.82) is 0 Å². The van der Waals surface area contributed by atoms with Gasteiger partial charge in [-0.1, -0.05) is 47.6 Å². The number of amides is 1. The molecular weight excluding hydrogens is 475 g/mol. The van der Waals surface area contributed by atoms with Crippen LogP contribution in [0.4, 0.5) is 4.39 Å². The van der Waals surface area contributed by atoms with Gasteiger partial charge in [-0.15, -0.1) is 10.2 Å². The lowest BCUT2D eigenvalue weighted by Crippen LogP contribution is -2.27. The average Bonchev–Trinajstić information content (AvgIpc) is 3.27. The predicted octanol–water partition coefficient (Wildman–Crippen LogP) is 5.49. The third-order valence-corrected chi connectivity index (χ3v) is 6.41. The number of benzene rings is 3. The zero-order valence-electron chi connectivity index (χ0n) is 18.6. The molecule has 0 unspecified atom stereocenters. The summed E-state index contributed by atoms with van der Waals surface area (Å²) in [6, 6.07) is 21.0. The van der Waals surface area contributed by atoms with Crippen LogP contribution in [-0.2, 0) is 11.3 Å². The molecule has 34 heavy (non-hydrogen) atoms. The van der Waals surface area contributed by atoms with Crippen LogP contribution in [0.3, 0.4) is 0 Å². The van der Waals surface area contributed by atoms with Crippen LogP contribution >= 0.6 is 23.4 Å². The number of aromatic nitrogens is 3. The van der Waals surface area contributed by atoms with Gasteiger partial charge in [0.15, 0.2) is 11.0 Å². The molecule has 6 nitrogen and oxygen atoms in total. The van der Waals surface area contributed by atoms with Crippen LogP contribution in [0.25, 0.3) is 17.1 Å². The Labute approximate surface area is 206 Å². The van der Waals surface area contributed by atoms with Crippen molar-refractivity contribution >= 4 is 29.3 Å². The minimum atomic E-state index is -0.305. The molecule has 0 aliphatic heterocycles. The highest BCUT2D eigenvalue weighted by Crippen LogP contribution is 2.32. The van der Waals surface area contributed by atoms with E-state index in [1.807, 2.05) is 47.0 Å². The van der Waals surface area contributed by atoms with Crippen LogP contribution in [-0.4, -0.2) is 45.5 Å². The molecule has 1 aromatic heterocycles. The van der Waals surface area contributed by atoms with Crippen LogP contribution in [0.1, 0.15) is 5.56 Å². The first-order chi connectivity index (χ1) is 16.5. The highest BCUT2D eigenvalue weighted by molar-refractivity contribution is 7.99. The third-order valence-electron chi connectivity index (χ3n) is 5.16. The van der Waals surface area contributed by atoms with Crippen LogP contribution < -0.4 is 4.74 Å². The van der Waals surface area contributed by atoms with E-state index in [1.54, 1.807) is 37.3 Å².